The zero-order valence-electron chi connectivity index (χ0n) is 7.88. The molecule has 0 saturated carbocycles. The van der Waals surface area contributed by atoms with E-state index in [4.69, 9.17) is 11.6 Å². The quantitative estimate of drug-likeness (QED) is 0.852. The molecule has 1 N–H and O–H groups in total. The van der Waals surface area contributed by atoms with Gasteiger partial charge in [0.15, 0.2) is 0 Å². The zero-order valence-corrected chi connectivity index (χ0v) is 11.0. The number of nitrogens with one attached hydrogen (secondary N) is 1. The van der Waals surface area contributed by atoms with Gasteiger partial charge in [-0.05, 0) is 13.0 Å². The van der Waals surface area contributed by atoms with Crippen LogP contribution in [0.3, 0.4) is 0 Å². The van der Waals surface area contributed by atoms with Crippen molar-refractivity contribution in [2.45, 2.75) is 24.7 Å². The molecular weight excluding hydrogens is 286 g/mol. The van der Waals surface area contributed by atoms with Gasteiger partial charge in [-0.1, -0.05) is 34.5 Å². The highest BCUT2D eigenvalue weighted by Gasteiger charge is 2.14. The molecule has 0 spiro atoms. The summed E-state index contributed by atoms with van der Waals surface area (Å²) in [5.41, 5.74) is 0.625. The minimum absolute atomic E-state index is 0.0769. The van der Waals surface area contributed by atoms with Gasteiger partial charge < -0.3 is 5.32 Å². The van der Waals surface area contributed by atoms with Crippen LogP contribution in [-0.2, 0) is 0 Å². The van der Waals surface area contributed by atoms with Crippen molar-refractivity contribution in [3.63, 3.8) is 0 Å². The smallest absolute Gasteiger partial charge is 0.252 e. The summed E-state index contributed by atoms with van der Waals surface area (Å²) < 4.78 is 0.634. The van der Waals surface area contributed by atoms with Crippen molar-refractivity contribution >= 4 is 44.8 Å². The number of rotatable bonds is 3. The molecule has 1 rings (SSSR count). The standard InChI is InChI=1S/C9H11BrClNOS/c1-5(10)6(2)12-9(13)7-3-8(11)14-4-7/h3-6H,1-2H3,(H,12,13). The van der Waals surface area contributed by atoms with Crippen LogP contribution in [0.1, 0.15) is 24.2 Å². The molecule has 0 aromatic carbocycles. The highest BCUT2D eigenvalue weighted by molar-refractivity contribution is 9.09. The summed E-state index contributed by atoms with van der Waals surface area (Å²) in [7, 11) is 0. The molecule has 0 aliphatic heterocycles. The lowest BCUT2D eigenvalue weighted by Crippen LogP contribution is -2.37. The highest BCUT2D eigenvalue weighted by Crippen LogP contribution is 2.20. The predicted octanol–water partition coefficient (Wildman–Crippen LogP) is 3.30. The summed E-state index contributed by atoms with van der Waals surface area (Å²) in [6.45, 7) is 3.94. The molecule has 1 heterocycles. The van der Waals surface area contributed by atoms with Crippen LogP contribution in [0.2, 0.25) is 4.34 Å². The van der Waals surface area contributed by atoms with Gasteiger partial charge in [0.05, 0.1) is 9.90 Å². The fraction of sp³-hybridized carbons (Fsp3) is 0.444. The number of hydrogen-bond acceptors (Lipinski definition) is 2. The van der Waals surface area contributed by atoms with Crippen LogP contribution < -0.4 is 5.32 Å². The van der Waals surface area contributed by atoms with E-state index in [9.17, 15) is 4.79 Å². The fourth-order valence-corrected chi connectivity index (χ4v) is 1.83. The number of hydrogen-bond donors (Lipinski definition) is 1. The van der Waals surface area contributed by atoms with E-state index in [0.717, 1.165) is 0 Å². The first kappa shape index (κ1) is 12.0. The summed E-state index contributed by atoms with van der Waals surface area (Å²) >= 11 is 10.5. The molecule has 1 aromatic heterocycles. The third kappa shape index (κ3) is 3.26. The number of carbonyl (C=O) groups excluding carboxylic acids is 1. The van der Waals surface area contributed by atoms with Crippen molar-refractivity contribution in [2.24, 2.45) is 0 Å². The summed E-state index contributed by atoms with van der Waals surface area (Å²) in [5, 5.41) is 4.62. The van der Waals surface area contributed by atoms with Crippen molar-refractivity contribution in [2.75, 3.05) is 0 Å². The Bertz CT molecular complexity index is 326. The molecule has 2 nitrogen and oxygen atoms in total. The summed E-state index contributed by atoms with van der Waals surface area (Å²) in [4.78, 5) is 11.8. The normalized spacial score (nSPS) is 14.9. The van der Waals surface area contributed by atoms with Gasteiger partial charge in [-0.3, -0.25) is 4.79 Å². The van der Waals surface area contributed by atoms with Crippen LogP contribution in [0, 0.1) is 0 Å². The van der Waals surface area contributed by atoms with E-state index in [2.05, 4.69) is 21.2 Å². The highest BCUT2D eigenvalue weighted by atomic mass is 79.9. The summed E-state index contributed by atoms with van der Waals surface area (Å²) in [6.07, 6.45) is 0. The number of alkyl halides is 1. The molecule has 0 saturated heterocycles. The topological polar surface area (TPSA) is 29.1 Å². The average Bonchev–Trinajstić information content (AvgIpc) is 2.51. The third-order valence-electron chi connectivity index (χ3n) is 1.88. The first-order valence-electron chi connectivity index (χ1n) is 4.19. The minimum atomic E-state index is -0.0769. The van der Waals surface area contributed by atoms with E-state index in [1.54, 1.807) is 11.4 Å². The van der Waals surface area contributed by atoms with Crippen molar-refractivity contribution in [1.29, 1.82) is 0 Å². The van der Waals surface area contributed by atoms with Crippen molar-refractivity contribution in [3.05, 3.63) is 21.3 Å². The van der Waals surface area contributed by atoms with Gasteiger partial charge in [0.2, 0.25) is 0 Å². The molecule has 0 fully saturated rings. The predicted molar refractivity (Wildman–Crippen MR) is 64.6 cm³/mol. The second-order valence-corrected chi connectivity index (χ2v) is 6.07. The Kier molecular flexibility index (Phi) is 4.41. The van der Waals surface area contributed by atoms with Crippen LogP contribution in [0.4, 0.5) is 0 Å². The van der Waals surface area contributed by atoms with Crippen molar-refractivity contribution < 1.29 is 4.79 Å². The molecule has 2 atom stereocenters. The van der Waals surface area contributed by atoms with Gasteiger partial charge >= 0.3 is 0 Å². The monoisotopic (exact) mass is 295 g/mol. The molecule has 1 aromatic rings. The maximum absolute atomic E-state index is 11.6. The maximum Gasteiger partial charge on any atom is 0.252 e. The third-order valence-corrected chi connectivity index (χ3v) is 3.76. The maximum atomic E-state index is 11.6. The second-order valence-electron chi connectivity index (χ2n) is 3.08. The summed E-state index contributed by atoms with van der Waals surface area (Å²) in [5.74, 6) is -0.0769. The first-order chi connectivity index (χ1) is 6.50. The number of carbonyl (C=O) groups is 1. The Morgan fingerprint density at radius 2 is 2.29 bits per heavy atom. The minimum Gasteiger partial charge on any atom is -0.348 e. The Morgan fingerprint density at radius 3 is 2.71 bits per heavy atom. The lowest BCUT2D eigenvalue weighted by molar-refractivity contribution is 0.0941. The lowest BCUT2D eigenvalue weighted by Gasteiger charge is -2.15. The average molecular weight is 297 g/mol. The molecule has 78 valence electrons. The van der Waals surface area contributed by atoms with E-state index in [1.165, 1.54) is 11.3 Å². The van der Waals surface area contributed by atoms with E-state index in [1.807, 2.05) is 13.8 Å². The molecule has 0 aliphatic rings. The van der Waals surface area contributed by atoms with Gasteiger partial charge in [0.1, 0.15) is 0 Å². The Labute approximate surface area is 101 Å². The van der Waals surface area contributed by atoms with Crippen LogP contribution in [0.5, 0.6) is 0 Å². The molecule has 2 unspecified atom stereocenters. The number of halogens is 2. The van der Waals surface area contributed by atoms with Crippen LogP contribution in [0.15, 0.2) is 11.4 Å². The van der Waals surface area contributed by atoms with Crippen LogP contribution >= 0.6 is 38.9 Å². The van der Waals surface area contributed by atoms with Gasteiger partial charge in [-0.2, -0.15) is 0 Å². The summed E-state index contributed by atoms with van der Waals surface area (Å²) in [6, 6.07) is 1.77. The van der Waals surface area contributed by atoms with Crippen molar-refractivity contribution in [1.82, 2.24) is 5.32 Å². The zero-order chi connectivity index (χ0) is 10.7. The van der Waals surface area contributed by atoms with Gasteiger partial charge in [-0.25, -0.2) is 0 Å². The van der Waals surface area contributed by atoms with Gasteiger partial charge in [-0.15, -0.1) is 11.3 Å². The molecule has 0 aliphatic carbocycles. The second kappa shape index (κ2) is 5.14. The molecule has 0 radical (unpaired) electrons. The van der Waals surface area contributed by atoms with E-state index >= 15 is 0 Å². The van der Waals surface area contributed by atoms with Gasteiger partial charge in [0.25, 0.3) is 5.91 Å². The molecule has 1 amide bonds. The van der Waals surface area contributed by atoms with Crippen molar-refractivity contribution in [3.8, 4) is 0 Å². The molecular formula is C9H11BrClNOS. The van der Waals surface area contributed by atoms with E-state index in [-0.39, 0.29) is 16.8 Å². The largest absolute Gasteiger partial charge is 0.348 e. The molecule has 0 bridgehead atoms. The Hall–Kier alpha value is -0.0600. The lowest BCUT2D eigenvalue weighted by atomic mass is 10.2. The van der Waals surface area contributed by atoms with E-state index in [0.29, 0.717) is 9.90 Å². The van der Waals surface area contributed by atoms with Crippen LogP contribution in [-0.4, -0.2) is 16.8 Å². The fourth-order valence-electron chi connectivity index (χ4n) is 0.834. The Morgan fingerprint density at radius 1 is 1.64 bits per heavy atom. The molecule has 5 heteroatoms. The van der Waals surface area contributed by atoms with Crippen LogP contribution in [0.25, 0.3) is 0 Å². The van der Waals surface area contributed by atoms with Gasteiger partial charge in [0, 0.05) is 16.2 Å². The number of amides is 1. The first-order valence-corrected chi connectivity index (χ1v) is 6.37. The molecule has 14 heavy (non-hydrogen) atoms. The SMILES string of the molecule is CC(Br)C(C)NC(=O)c1csc(Cl)c1. The Balaban J connectivity index is 2.59. The number of thiophene rings is 1. The van der Waals surface area contributed by atoms with E-state index < -0.39 is 0 Å².